The third-order valence-electron chi connectivity index (χ3n) is 11.0. The summed E-state index contributed by atoms with van der Waals surface area (Å²) in [6.07, 6.45) is 15.0. The number of hydrogen-bond donors (Lipinski definition) is 1. The van der Waals surface area contributed by atoms with E-state index < -0.39 is 0 Å². The second-order valence-electron chi connectivity index (χ2n) is 12.4. The van der Waals surface area contributed by atoms with E-state index >= 15 is 0 Å². The van der Waals surface area contributed by atoms with Crippen LogP contribution in [0.4, 0.5) is 0 Å². The minimum Gasteiger partial charge on any atom is -0.375 e. The molecule has 8 atom stereocenters. The summed E-state index contributed by atoms with van der Waals surface area (Å²) in [6.45, 7) is 11.1. The molecule has 4 aliphatic carbocycles. The minimum absolute atomic E-state index is 0.116. The summed E-state index contributed by atoms with van der Waals surface area (Å²) in [5.41, 5.74) is 8.64. The summed E-state index contributed by atoms with van der Waals surface area (Å²) < 4.78 is 6.36. The lowest BCUT2D eigenvalue weighted by atomic mass is 9.43. The quantitative estimate of drug-likeness (QED) is 0.618. The van der Waals surface area contributed by atoms with E-state index in [9.17, 15) is 0 Å². The summed E-state index contributed by atoms with van der Waals surface area (Å²) in [5.74, 6) is 4.04. The van der Waals surface area contributed by atoms with Crippen molar-refractivity contribution in [1.29, 1.82) is 0 Å². The van der Waals surface area contributed by atoms with E-state index in [1.807, 2.05) is 0 Å². The van der Waals surface area contributed by atoms with Gasteiger partial charge in [0.15, 0.2) is 0 Å². The Morgan fingerprint density at radius 2 is 1.41 bits per heavy atom. The largest absolute Gasteiger partial charge is 0.375 e. The maximum absolute atomic E-state index is 7.39. The van der Waals surface area contributed by atoms with Crippen LogP contribution in [0.5, 0.6) is 0 Å². The second kappa shape index (κ2) is 5.97. The van der Waals surface area contributed by atoms with Gasteiger partial charge in [-0.1, -0.05) is 27.2 Å². The van der Waals surface area contributed by atoms with Gasteiger partial charge >= 0.3 is 0 Å². The van der Waals surface area contributed by atoms with Crippen molar-refractivity contribution in [2.24, 2.45) is 46.2 Å². The first-order chi connectivity index (χ1) is 12.7. The molecule has 27 heavy (non-hydrogen) atoms. The molecule has 0 aromatic rings. The molecule has 2 N–H and O–H groups in total. The average Bonchev–Trinajstić information content (AvgIpc) is 3.18. The molecule has 154 valence electrons. The van der Waals surface area contributed by atoms with Crippen LogP contribution in [0.25, 0.3) is 0 Å². The Morgan fingerprint density at radius 3 is 2.15 bits per heavy atom. The SMILES string of the molecule is CC1(C)CCC[C@]2(N)C3CCC4C([C@@]5(C)CCCO5)CC[C@@]4(C)C3CCC12. The monoisotopic (exact) mass is 373 g/mol. The Kier molecular flexibility index (Phi) is 4.18. The lowest BCUT2D eigenvalue weighted by Crippen LogP contribution is -2.66. The molecule has 0 spiro atoms. The summed E-state index contributed by atoms with van der Waals surface area (Å²) in [6, 6.07) is 0. The second-order valence-corrected chi connectivity index (χ2v) is 12.4. The normalized spacial score (nSPS) is 57.0. The van der Waals surface area contributed by atoms with Crippen LogP contribution in [-0.4, -0.2) is 17.7 Å². The van der Waals surface area contributed by atoms with E-state index in [4.69, 9.17) is 10.5 Å². The van der Waals surface area contributed by atoms with Gasteiger partial charge in [-0.15, -0.1) is 0 Å². The predicted molar refractivity (Wildman–Crippen MR) is 111 cm³/mol. The topological polar surface area (TPSA) is 35.2 Å². The van der Waals surface area contributed by atoms with E-state index in [2.05, 4.69) is 27.7 Å². The summed E-state index contributed by atoms with van der Waals surface area (Å²) >= 11 is 0. The molecular formula is C25H43NO. The molecule has 4 saturated carbocycles. The van der Waals surface area contributed by atoms with Gasteiger partial charge < -0.3 is 10.5 Å². The van der Waals surface area contributed by atoms with E-state index in [1.54, 1.807) is 0 Å². The molecule has 1 heterocycles. The molecule has 2 nitrogen and oxygen atoms in total. The first-order valence-electron chi connectivity index (χ1n) is 12.1. The molecule has 5 fully saturated rings. The molecule has 0 amide bonds. The highest BCUT2D eigenvalue weighted by atomic mass is 16.5. The molecule has 0 aromatic carbocycles. The van der Waals surface area contributed by atoms with Crippen molar-refractivity contribution < 1.29 is 4.74 Å². The van der Waals surface area contributed by atoms with Crippen LogP contribution < -0.4 is 5.73 Å². The maximum Gasteiger partial charge on any atom is 0.0686 e. The molecule has 1 aliphatic heterocycles. The van der Waals surface area contributed by atoms with Crippen molar-refractivity contribution in [1.82, 2.24) is 0 Å². The van der Waals surface area contributed by atoms with Crippen LogP contribution in [0.15, 0.2) is 0 Å². The van der Waals surface area contributed by atoms with Crippen LogP contribution in [0.2, 0.25) is 0 Å². The molecule has 0 radical (unpaired) electrons. The average molecular weight is 374 g/mol. The Hall–Kier alpha value is -0.0800. The third-order valence-corrected chi connectivity index (χ3v) is 11.0. The molecular weight excluding hydrogens is 330 g/mol. The fourth-order valence-corrected chi connectivity index (χ4v) is 9.70. The lowest BCUT2D eigenvalue weighted by Gasteiger charge is -2.64. The van der Waals surface area contributed by atoms with Gasteiger partial charge in [0.25, 0.3) is 0 Å². The predicted octanol–water partition coefficient (Wildman–Crippen LogP) is 5.93. The van der Waals surface area contributed by atoms with E-state index in [-0.39, 0.29) is 11.1 Å². The Bertz CT molecular complexity index is 593. The van der Waals surface area contributed by atoms with Crippen LogP contribution >= 0.6 is 0 Å². The number of ether oxygens (including phenoxy) is 1. The molecule has 1 saturated heterocycles. The number of nitrogens with two attached hydrogens (primary N) is 1. The van der Waals surface area contributed by atoms with Gasteiger partial charge in [-0.05, 0) is 112 Å². The first kappa shape index (κ1) is 18.9. The van der Waals surface area contributed by atoms with Gasteiger partial charge in [0.1, 0.15) is 0 Å². The molecule has 0 aromatic heterocycles. The number of hydrogen-bond acceptors (Lipinski definition) is 2. The lowest BCUT2D eigenvalue weighted by molar-refractivity contribution is -0.131. The molecule has 5 aliphatic rings. The Labute approximate surface area is 167 Å². The van der Waals surface area contributed by atoms with E-state index in [0.29, 0.717) is 10.8 Å². The molecule has 0 bridgehead atoms. The first-order valence-corrected chi connectivity index (χ1v) is 12.1. The fourth-order valence-electron chi connectivity index (χ4n) is 9.70. The van der Waals surface area contributed by atoms with Crippen molar-refractivity contribution >= 4 is 0 Å². The molecule has 5 rings (SSSR count). The Balaban J connectivity index is 1.44. The zero-order valence-electron chi connectivity index (χ0n) is 18.4. The third kappa shape index (κ3) is 2.51. The van der Waals surface area contributed by atoms with Gasteiger partial charge in [-0.2, -0.15) is 0 Å². The zero-order chi connectivity index (χ0) is 19.1. The van der Waals surface area contributed by atoms with Crippen molar-refractivity contribution in [2.45, 2.75) is 109 Å². The molecule has 5 unspecified atom stereocenters. The summed E-state index contributed by atoms with van der Waals surface area (Å²) in [5, 5.41) is 0. The van der Waals surface area contributed by atoms with E-state index in [1.165, 1.54) is 70.6 Å². The van der Waals surface area contributed by atoms with Crippen molar-refractivity contribution in [2.75, 3.05) is 6.61 Å². The number of rotatable bonds is 1. The highest BCUT2D eigenvalue weighted by molar-refractivity contribution is 5.16. The minimum atomic E-state index is 0.116. The van der Waals surface area contributed by atoms with Crippen LogP contribution in [0.1, 0.15) is 98.3 Å². The van der Waals surface area contributed by atoms with Gasteiger partial charge in [0, 0.05) is 12.1 Å². The van der Waals surface area contributed by atoms with E-state index in [0.717, 1.165) is 36.2 Å². The molecule has 2 heteroatoms. The van der Waals surface area contributed by atoms with Gasteiger partial charge in [0.2, 0.25) is 0 Å². The fraction of sp³-hybridized carbons (Fsp3) is 1.00. The highest BCUT2D eigenvalue weighted by Crippen LogP contribution is 2.68. The summed E-state index contributed by atoms with van der Waals surface area (Å²) in [7, 11) is 0. The highest BCUT2D eigenvalue weighted by Gasteiger charge is 2.64. The maximum atomic E-state index is 7.39. The van der Waals surface area contributed by atoms with Gasteiger partial charge in [-0.3, -0.25) is 0 Å². The Morgan fingerprint density at radius 1 is 0.704 bits per heavy atom. The van der Waals surface area contributed by atoms with Crippen LogP contribution in [0.3, 0.4) is 0 Å². The summed E-state index contributed by atoms with van der Waals surface area (Å²) in [4.78, 5) is 0. The van der Waals surface area contributed by atoms with Crippen LogP contribution in [-0.2, 0) is 4.74 Å². The standard InChI is InChI=1S/C25H43NO/c1-22(2)12-5-14-25(26)20-8-7-17-19(24(4)13-6-16-27-24)11-15-23(17,3)18(20)9-10-21(22)25/h17-21H,5-16,26H2,1-4H3/t17?,18?,19?,20?,21?,23-,24-,25+/m1/s1. The number of fused-ring (bicyclic) bond motifs is 5. The van der Waals surface area contributed by atoms with Gasteiger partial charge in [-0.25, -0.2) is 0 Å². The smallest absolute Gasteiger partial charge is 0.0686 e. The van der Waals surface area contributed by atoms with Crippen LogP contribution in [0, 0.1) is 40.4 Å². The van der Waals surface area contributed by atoms with Gasteiger partial charge in [0.05, 0.1) is 5.60 Å². The van der Waals surface area contributed by atoms with Crippen molar-refractivity contribution in [3.05, 3.63) is 0 Å². The zero-order valence-corrected chi connectivity index (χ0v) is 18.4. The van der Waals surface area contributed by atoms with Crippen molar-refractivity contribution in [3.63, 3.8) is 0 Å². The van der Waals surface area contributed by atoms with Crippen molar-refractivity contribution in [3.8, 4) is 0 Å².